The molecule has 0 radical (unpaired) electrons. The Kier molecular flexibility index (Phi) is 2.26. The summed E-state index contributed by atoms with van der Waals surface area (Å²) in [5, 5.41) is 4.06. The number of hydrogen-bond donors (Lipinski definition) is 1. The predicted octanol–water partition coefficient (Wildman–Crippen LogP) is 2.43. The topological polar surface area (TPSA) is 56.2 Å². The lowest BCUT2D eigenvalue weighted by Crippen LogP contribution is -2.02. The zero-order valence-corrected chi connectivity index (χ0v) is 9.76. The number of anilines is 1. The van der Waals surface area contributed by atoms with E-state index in [1.54, 1.807) is 0 Å². The number of hydrogen-bond acceptors (Lipinski definition) is 3. The lowest BCUT2D eigenvalue weighted by molar-refractivity contribution is 0.638. The maximum atomic E-state index is 13.8. The van der Waals surface area contributed by atoms with Crippen molar-refractivity contribution in [3.05, 3.63) is 47.9 Å². The molecular formula is C13H11FN4. The maximum Gasteiger partial charge on any atom is 0.238 e. The molecule has 0 aliphatic heterocycles. The van der Waals surface area contributed by atoms with E-state index < -0.39 is 0 Å². The highest BCUT2D eigenvalue weighted by Gasteiger charge is 2.13. The highest BCUT2D eigenvalue weighted by atomic mass is 19.1. The Morgan fingerprint density at radius 1 is 1.28 bits per heavy atom. The number of nitrogen functional groups attached to an aromatic ring is 1. The summed E-state index contributed by atoms with van der Waals surface area (Å²) >= 11 is 0. The third kappa shape index (κ3) is 1.52. The van der Waals surface area contributed by atoms with Crippen LogP contribution < -0.4 is 5.73 Å². The summed E-state index contributed by atoms with van der Waals surface area (Å²) in [6.07, 6.45) is 1.39. The fourth-order valence-corrected chi connectivity index (χ4v) is 2.02. The first-order chi connectivity index (χ1) is 8.66. The molecule has 5 heteroatoms. The number of nitrogens with two attached hydrogens (primary N) is 1. The molecule has 3 rings (SSSR count). The van der Waals surface area contributed by atoms with Crippen LogP contribution in [-0.4, -0.2) is 14.6 Å². The van der Waals surface area contributed by atoms with Gasteiger partial charge in [0.1, 0.15) is 5.52 Å². The fourth-order valence-electron chi connectivity index (χ4n) is 2.02. The van der Waals surface area contributed by atoms with Gasteiger partial charge in [-0.3, -0.25) is 0 Å². The number of aromatic nitrogens is 3. The van der Waals surface area contributed by atoms with Crippen LogP contribution >= 0.6 is 0 Å². The van der Waals surface area contributed by atoms with Crippen molar-refractivity contribution in [1.29, 1.82) is 0 Å². The summed E-state index contributed by atoms with van der Waals surface area (Å²) in [7, 11) is 0. The second-order valence-corrected chi connectivity index (χ2v) is 4.11. The molecule has 0 fully saturated rings. The van der Waals surface area contributed by atoms with Crippen LogP contribution in [0, 0.1) is 12.7 Å². The highest BCUT2D eigenvalue weighted by molar-refractivity contribution is 5.69. The maximum absolute atomic E-state index is 13.8. The summed E-state index contributed by atoms with van der Waals surface area (Å²) in [6, 6.07) is 9.19. The van der Waals surface area contributed by atoms with Gasteiger partial charge < -0.3 is 5.73 Å². The average molecular weight is 242 g/mol. The molecule has 18 heavy (non-hydrogen) atoms. The molecule has 2 heterocycles. The number of benzene rings is 1. The third-order valence-corrected chi connectivity index (χ3v) is 2.91. The quantitative estimate of drug-likeness (QED) is 0.713. The van der Waals surface area contributed by atoms with Gasteiger partial charge >= 0.3 is 0 Å². The largest absolute Gasteiger partial charge is 0.367 e. The summed E-state index contributed by atoms with van der Waals surface area (Å²) in [5.41, 5.74) is 8.53. The van der Waals surface area contributed by atoms with Crippen molar-refractivity contribution >= 4 is 11.5 Å². The summed E-state index contributed by atoms with van der Waals surface area (Å²) in [4.78, 5) is 3.80. The molecule has 0 saturated heterocycles. The molecule has 0 spiro atoms. The molecule has 0 amide bonds. The van der Waals surface area contributed by atoms with E-state index in [-0.39, 0.29) is 11.8 Å². The van der Waals surface area contributed by atoms with Gasteiger partial charge in [0.15, 0.2) is 5.82 Å². The van der Waals surface area contributed by atoms with Crippen LogP contribution in [0.3, 0.4) is 0 Å². The molecule has 0 atom stereocenters. The van der Waals surface area contributed by atoms with Crippen LogP contribution in [0.4, 0.5) is 10.3 Å². The van der Waals surface area contributed by atoms with Crippen molar-refractivity contribution < 1.29 is 4.39 Å². The minimum absolute atomic E-state index is 0.118. The average Bonchev–Trinajstić information content (AvgIpc) is 2.67. The van der Waals surface area contributed by atoms with Crippen molar-refractivity contribution in [2.45, 2.75) is 6.92 Å². The van der Waals surface area contributed by atoms with E-state index in [1.165, 1.54) is 16.8 Å². The molecule has 0 saturated carbocycles. The van der Waals surface area contributed by atoms with Crippen molar-refractivity contribution in [3.8, 4) is 11.3 Å². The van der Waals surface area contributed by atoms with E-state index in [9.17, 15) is 4.39 Å². The van der Waals surface area contributed by atoms with Crippen LogP contribution in [0.25, 0.3) is 16.8 Å². The Morgan fingerprint density at radius 2 is 2.06 bits per heavy atom. The van der Waals surface area contributed by atoms with E-state index in [2.05, 4.69) is 10.1 Å². The van der Waals surface area contributed by atoms with Crippen molar-refractivity contribution in [1.82, 2.24) is 14.6 Å². The number of halogens is 1. The van der Waals surface area contributed by atoms with E-state index in [4.69, 9.17) is 5.73 Å². The number of rotatable bonds is 1. The predicted molar refractivity (Wildman–Crippen MR) is 67.5 cm³/mol. The van der Waals surface area contributed by atoms with Gasteiger partial charge in [-0.05, 0) is 12.5 Å². The highest BCUT2D eigenvalue weighted by Crippen LogP contribution is 2.26. The van der Waals surface area contributed by atoms with Crippen molar-refractivity contribution in [3.63, 3.8) is 0 Å². The standard InChI is InChI=1S/C13H11FN4/c1-8-4-2-3-5-9(8)11-6-10(14)12-7-16-13(15)17-18(11)12/h2-7H,1H3,(H2,15,17). The van der Waals surface area contributed by atoms with Gasteiger partial charge in [0.25, 0.3) is 0 Å². The van der Waals surface area contributed by atoms with E-state index in [0.717, 1.165) is 11.1 Å². The molecule has 0 bridgehead atoms. The molecule has 0 unspecified atom stereocenters. The van der Waals surface area contributed by atoms with E-state index >= 15 is 0 Å². The third-order valence-electron chi connectivity index (χ3n) is 2.91. The molecule has 3 aromatic rings. The lowest BCUT2D eigenvalue weighted by atomic mass is 10.1. The van der Waals surface area contributed by atoms with Crippen LogP contribution in [0.5, 0.6) is 0 Å². The Labute approximate surface area is 103 Å². The molecule has 1 aromatic carbocycles. The molecule has 2 aromatic heterocycles. The van der Waals surface area contributed by atoms with E-state index in [1.807, 2.05) is 31.2 Å². The van der Waals surface area contributed by atoms with Crippen molar-refractivity contribution in [2.75, 3.05) is 5.73 Å². The Bertz CT molecular complexity index is 733. The second kappa shape index (κ2) is 3.80. The molecule has 4 nitrogen and oxygen atoms in total. The fraction of sp³-hybridized carbons (Fsp3) is 0.0769. The first kappa shape index (κ1) is 10.7. The zero-order chi connectivity index (χ0) is 12.7. The van der Waals surface area contributed by atoms with Gasteiger partial charge in [-0.1, -0.05) is 24.3 Å². The molecule has 0 aliphatic carbocycles. The molecule has 0 aliphatic rings. The van der Waals surface area contributed by atoms with Gasteiger partial charge in [-0.2, -0.15) is 0 Å². The zero-order valence-electron chi connectivity index (χ0n) is 9.76. The Hall–Kier alpha value is -2.43. The van der Waals surface area contributed by atoms with Gasteiger partial charge in [-0.15, -0.1) is 5.10 Å². The SMILES string of the molecule is Cc1ccccc1-c1cc(F)c2cnc(N)nn12. The number of aryl methyl sites for hydroxylation is 1. The minimum Gasteiger partial charge on any atom is -0.367 e. The van der Waals surface area contributed by atoms with Gasteiger partial charge in [0, 0.05) is 11.6 Å². The van der Waals surface area contributed by atoms with Crippen LogP contribution in [-0.2, 0) is 0 Å². The molecule has 2 N–H and O–H groups in total. The molecular weight excluding hydrogens is 231 g/mol. The van der Waals surface area contributed by atoms with Crippen molar-refractivity contribution in [2.24, 2.45) is 0 Å². The first-order valence-electron chi connectivity index (χ1n) is 5.52. The summed E-state index contributed by atoms with van der Waals surface area (Å²) < 4.78 is 15.3. The lowest BCUT2D eigenvalue weighted by Gasteiger charge is -2.05. The van der Waals surface area contributed by atoms with Gasteiger partial charge in [-0.25, -0.2) is 13.9 Å². The molecule has 90 valence electrons. The number of nitrogens with zero attached hydrogens (tertiary/aromatic N) is 3. The summed E-state index contributed by atoms with van der Waals surface area (Å²) in [5.74, 6) is -0.235. The second-order valence-electron chi connectivity index (χ2n) is 4.11. The first-order valence-corrected chi connectivity index (χ1v) is 5.52. The number of fused-ring (bicyclic) bond motifs is 1. The minimum atomic E-state index is -0.353. The van der Waals surface area contributed by atoms with Gasteiger partial charge in [0.05, 0.1) is 11.9 Å². The Morgan fingerprint density at radius 3 is 2.83 bits per heavy atom. The monoisotopic (exact) mass is 242 g/mol. The smallest absolute Gasteiger partial charge is 0.238 e. The normalized spacial score (nSPS) is 11.0. The van der Waals surface area contributed by atoms with Gasteiger partial charge in [0.2, 0.25) is 5.95 Å². The van der Waals surface area contributed by atoms with Crippen LogP contribution in [0.2, 0.25) is 0 Å². The van der Waals surface area contributed by atoms with Crippen LogP contribution in [0.15, 0.2) is 36.5 Å². The van der Waals surface area contributed by atoms with E-state index in [0.29, 0.717) is 11.2 Å². The van der Waals surface area contributed by atoms with Crippen LogP contribution in [0.1, 0.15) is 5.56 Å². The Balaban J connectivity index is 2.36. The summed E-state index contributed by atoms with van der Waals surface area (Å²) in [6.45, 7) is 1.97.